The van der Waals surface area contributed by atoms with E-state index in [1.165, 1.54) is 23.1 Å². The van der Waals surface area contributed by atoms with Gasteiger partial charge in [-0.25, -0.2) is 0 Å². The van der Waals surface area contributed by atoms with Crippen LogP contribution in [0.4, 0.5) is 0 Å². The third-order valence-corrected chi connectivity index (χ3v) is 3.16. The predicted molar refractivity (Wildman–Crippen MR) is 59.9 cm³/mol. The predicted octanol–water partition coefficient (Wildman–Crippen LogP) is 3.58. The van der Waals surface area contributed by atoms with Gasteiger partial charge < -0.3 is 0 Å². The average Bonchev–Trinajstić information content (AvgIpc) is 2.95. The smallest absolute Gasteiger partial charge is 0.0155 e. The molecular weight excluding hydrogens is 168 g/mol. The maximum absolute atomic E-state index is 2.43. The SMILES string of the molecule is Cc1cccc(C2=CC3CC3C=C2)c1. The van der Waals surface area contributed by atoms with Gasteiger partial charge in [-0.05, 0) is 36.3 Å². The molecule has 0 bridgehead atoms. The maximum Gasteiger partial charge on any atom is -0.0155 e. The van der Waals surface area contributed by atoms with E-state index in [0.29, 0.717) is 0 Å². The first-order valence-corrected chi connectivity index (χ1v) is 5.30. The van der Waals surface area contributed by atoms with Crippen LogP contribution in [0, 0.1) is 18.8 Å². The number of hydrogen-bond donors (Lipinski definition) is 0. The minimum atomic E-state index is 0.843. The Bertz CT molecular complexity index is 423. The minimum absolute atomic E-state index is 0.843. The quantitative estimate of drug-likeness (QED) is 0.622. The summed E-state index contributed by atoms with van der Waals surface area (Å²) in [6, 6.07) is 8.75. The molecule has 1 aromatic rings. The van der Waals surface area contributed by atoms with Crippen molar-refractivity contribution in [3.05, 3.63) is 53.6 Å². The van der Waals surface area contributed by atoms with E-state index in [4.69, 9.17) is 0 Å². The van der Waals surface area contributed by atoms with Gasteiger partial charge in [0.2, 0.25) is 0 Å². The van der Waals surface area contributed by atoms with Gasteiger partial charge in [-0.15, -0.1) is 0 Å². The molecule has 1 aromatic carbocycles. The normalized spacial score (nSPS) is 28.2. The first kappa shape index (κ1) is 8.05. The van der Waals surface area contributed by atoms with Crippen LogP contribution in [0.5, 0.6) is 0 Å². The molecule has 0 aromatic heterocycles. The molecule has 2 aliphatic rings. The first-order valence-electron chi connectivity index (χ1n) is 5.30. The molecule has 0 N–H and O–H groups in total. The Hall–Kier alpha value is -1.30. The largest absolute Gasteiger partial charge is 0.0802 e. The minimum Gasteiger partial charge on any atom is -0.0802 e. The zero-order chi connectivity index (χ0) is 9.54. The molecule has 0 aliphatic heterocycles. The van der Waals surface area contributed by atoms with Crippen molar-refractivity contribution in [1.82, 2.24) is 0 Å². The summed E-state index contributed by atoms with van der Waals surface area (Å²) in [5, 5.41) is 0. The summed E-state index contributed by atoms with van der Waals surface area (Å²) < 4.78 is 0. The van der Waals surface area contributed by atoms with Crippen molar-refractivity contribution in [1.29, 1.82) is 0 Å². The van der Waals surface area contributed by atoms with Crippen molar-refractivity contribution in [3.8, 4) is 0 Å². The van der Waals surface area contributed by atoms with Crippen molar-refractivity contribution >= 4 is 5.57 Å². The number of benzene rings is 1. The zero-order valence-electron chi connectivity index (χ0n) is 8.40. The highest BCUT2D eigenvalue weighted by atomic mass is 14.4. The van der Waals surface area contributed by atoms with Crippen molar-refractivity contribution in [3.63, 3.8) is 0 Å². The lowest BCUT2D eigenvalue weighted by molar-refractivity contribution is 0.984. The lowest BCUT2D eigenvalue weighted by Gasteiger charge is -2.07. The summed E-state index contributed by atoms with van der Waals surface area (Å²) >= 11 is 0. The summed E-state index contributed by atoms with van der Waals surface area (Å²) in [6.07, 6.45) is 8.44. The van der Waals surface area contributed by atoms with E-state index in [9.17, 15) is 0 Å². The molecule has 0 spiro atoms. The zero-order valence-corrected chi connectivity index (χ0v) is 8.40. The summed E-state index contributed by atoms with van der Waals surface area (Å²) in [6.45, 7) is 2.15. The highest BCUT2D eigenvalue weighted by Crippen LogP contribution is 2.45. The maximum atomic E-state index is 2.43. The fourth-order valence-electron chi connectivity index (χ4n) is 2.18. The molecule has 70 valence electrons. The molecule has 0 heteroatoms. The van der Waals surface area contributed by atoms with Gasteiger partial charge in [-0.1, -0.05) is 48.1 Å². The van der Waals surface area contributed by atoms with E-state index in [-0.39, 0.29) is 0 Å². The topological polar surface area (TPSA) is 0 Å². The molecule has 0 radical (unpaired) electrons. The number of hydrogen-bond acceptors (Lipinski definition) is 0. The standard InChI is InChI=1S/C14H14/c1-10-3-2-4-11(7-10)12-5-6-13-9-14(13)8-12/h2-8,13-14H,9H2,1H3. The van der Waals surface area contributed by atoms with Crippen LogP contribution in [0.15, 0.2) is 42.5 Å². The molecule has 14 heavy (non-hydrogen) atoms. The Morgan fingerprint density at radius 1 is 1.21 bits per heavy atom. The Morgan fingerprint density at radius 3 is 2.93 bits per heavy atom. The molecule has 0 saturated heterocycles. The van der Waals surface area contributed by atoms with Gasteiger partial charge in [0, 0.05) is 0 Å². The second kappa shape index (κ2) is 2.84. The van der Waals surface area contributed by atoms with E-state index in [2.05, 4.69) is 49.4 Å². The average molecular weight is 182 g/mol. The molecule has 2 atom stereocenters. The summed E-state index contributed by atoms with van der Waals surface area (Å²) in [5.74, 6) is 1.71. The van der Waals surface area contributed by atoms with E-state index in [1.807, 2.05) is 0 Å². The molecule has 2 aliphatic carbocycles. The molecule has 2 unspecified atom stereocenters. The Kier molecular flexibility index (Phi) is 1.63. The van der Waals surface area contributed by atoms with Gasteiger partial charge in [0.1, 0.15) is 0 Å². The lowest BCUT2D eigenvalue weighted by atomic mass is 9.98. The molecule has 1 fully saturated rings. The summed E-state index contributed by atoms with van der Waals surface area (Å²) in [4.78, 5) is 0. The first-order chi connectivity index (χ1) is 6.83. The van der Waals surface area contributed by atoms with Crippen molar-refractivity contribution in [2.75, 3.05) is 0 Å². The molecule has 0 amide bonds. The fraction of sp³-hybridized carbons (Fsp3) is 0.286. The van der Waals surface area contributed by atoms with Crippen LogP contribution in [-0.4, -0.2) is 0 Å². The van der Waals surface area contributed by atoms with Gasteiger partial charge in [0.05, 0.1) is 0 Å². The second-order valence-corrected chi connectivity index (χ2v) is 4.41. The van der Waals surface area contributed by atoms with Gasteiger partial charge >= 0.3 is 0 Å². The van der Waals surface area contributed by atoms with Crippen LogP contribution in [-0.2, 0) is 0 Å². The van der Waals surface area contributed by atoms with Gasteiger partial charge in [0.25, 0.3) is 0 Å². The summed E-state index contributed by atoms with van der Waals surface area (Å²) in [7, 11) is 0. The number of aryl methyl sites for hydroxylation is 1. The Morgan fingerprint density at radius 2 is 2.14 bits per heavy atom. The van der Waals surface area contributed by atoms with Crippen molar-refractivity contribution in [2.45, 2.75) is 13.3 Å². The van der Waals surface area contributed by atoms with Crippen molar-refractivity contribution < 1.29 is 0 Å². The van der Waals surface area contributed by atoms with Crippen LogP contribution >= 0.6 is 0 Å². The molecular formula is C14H14. The van der Waals surface area contributed by atoms with Crippen LogP contribution in [0.1, 0.15) is 17.5 Å². The number of rotatable bonds is 1. The van der Waals surface area contributed by atoms with E-state index < -0.39 is 0 Å². The molecule has 0 heterocycles. The van der Waals surface area contributed by atoms with Crippen molar-refractivity contribution in [2.24, 2.45) is 11.8 Å². The third kappa shape index (κ3) is 1.31. The van der Waals surface area contributed by atoms with Gasteiger partial charge in [-0.3, -0.25) is 0 Å². The van der Waals surface area contributed by atoms with Gasteiger partial charge in [-0.2, -0.15) is 0 Å². The third-order valence-electron chi connectivity index (χ3n) is 3.16. The van der Waals surface area contributed by atoms with E-state index >= 15 is 0 Å². The Labute approximate surface area is 85.0 Å². The Balaban J connectivity index is 1.99. The second-order valence-electron chi connectivity index (χ2n) is 4.41. The van der Waals surface area contributed by atoms with E-state index in [0.717, 1.165) is 11.8 Å². The van der Waals surface area contributed by atoms with Crippen LogP contribution < -0.4 is 0 Å². The lowest BCUT2D eigenvalue weighted by Crippen LogP contribution is -1.88. The number of allylic oxidation sites excluding steroid dienone is 4. The molecule has 3 rings (SSSR count). The van der Waals surface area contributed by atoms with Gasteiger partial charge in [0.15, 0.2) is 0 Å². The van der Waals surface area contributed by atoms with Crippen LogP contribution in [0.25, 0.3) is 5.57 Å². The molecule has 1 saturated carbocycles. The summed E-state index contributed by atoms with van der Waals surface area (Å²) in [5.41, 5.74) is 4.12. The highest BCUT2D eigenvalue weighted by Gasteiger charge is 2.34. The van der Waals surface area contributed by atoms with Crippen LogP contribution in [0.2, 0.25) is 0 Å². The van der Waals surface area contributed by atoms with E-state index in [1.54, 1.807) is 0 Å². The fourth-order valence-corrected chi connectivity index (χ4v) is 2.18. The number of fused-ring (bicyclic) bond motifs is 1. The monoisotopic (exact) mass is 182 g/mol. The van der Waals surface area contributed by atoms with Crippen LogP contribution in [0.3, 0.4) is 0 Å². The highest BCUT2D eigenvalue weighted by molar-refractivity contribution is 5.76. The molecule has 0 nitrogen and oxygen atoms in total.